The van der Waals surface area contributed by atoms with Crippen LogP contribution in [0, 0.1) is 23.7 Å². The highest BCUT2D eigenvalue weighted by Gasteiger charge is 2.54. The average Bonchev–Trinajstić information content (AvgIpc) is 3.26. The summed E-state index contributed by atoms with van der Waals surface area (Å²) in [4.78, 5) is 18.5. The Morgan fingerprint density at radius 1 is 1.16 bits per heavy atom. The lowest BCUT2D eigenvalue weighted by atomic mass is 9.76. The molecule has 1 saturated carbocycles. The Morgan fingerprint density at radius 2 is 1.95 bits per heavy atom. The smallest absolute Gasteiger partial charge is 0.295 e. The number of nitrogens with one attached hydrogen (secondary N) is 1. The third-order valence-electron chi connectivity index (χ3n) is 8.35. The van der Waals surface area contributed by atoms with Crippen LogP contribution < -0.4 is 5.69 Å². The normalized spacial score (nSPS) is 24.9. The van der Waals surface area contributed by atoms with E-state index in [4.69, 9.17) is 0 Å². The largest absolute Gasteiger partial charge is 0.328 e. The van der Waals surface area contributed by atoms with Gasteiger partial charge in [-0.25, -0.2) is 4.79 Å². The summed E-state index contributed by atoms with van der Waals surface area (Å²) in [5.74, 6) is 2.78. The van der Waals surface area contributed by atoms with E-state index in [1.165, 1.54) is 0 Å². The van der Waals surface area contributed by atoms with Crippen molar-refractivity contribution in [2.24, 2.45) is 28.7 Å². The standard InChI is InChI=1S/C29H39N7O/c1-6-7-11-23-17-35(26-24(19(2)3)25(26)20(4)5)28(37)36(23)18-29(12-14-30-15-13-29)22-10-8-9-21(16-22)27-31-33-34-32-27/h8-10,12,14-17,19-20,24-26H,6-7,11,13,18H2,1-5H3,(H,31,32,33,34). The number of unbranched alkanes of at least 4 members (excludes halogenated alkanes) is 1. The van der Waals surface area contributed by atoms with E-state index in [9.17, 15) is 4.79 Å². The lowest BCUT2D eigenvalue weighted by Crippen LogP contribution is -2.37. The van der Waals surface area contributed by atoms with Crippen LogP contribution in [-0.4, -0.2) is 36.0 Å². The number of H-pyrrole nitrogens is 1. The number of rotatable bonds is 10. The molecule has 1 aromatic carbocycles. The maximum Gasteiger partial charge on any atom is 0.328 e. The number of aromatic nitrogens is 6. The van der Waals surface area contributed by atoms with Crippen molar-refractivity contribution >= 4 is 6.21 Å². The van der Waals surface area contributed by atoms with Crippen molar-refractivity contribution in [3.8, 4) is 11.4 Å². The number of tetrazole rings is 1. The van der Waals surface area contributed by atoms with E-state index < -0.39 is 5.41 Å². The highest BCUT2D eigenvalue weighted by molar-refractivity contribution is 5.65. The van der Waals surface area contributed by atoms with Gasteiger partial charge < -0.3 is 0 Å². The predicted octanol–water partition coefficient (Wildman–Crippen LogP) is 5.20. The molecular formula is C29H39N7O. The molecule has 0 radical (unpaired) electrons. The highest BCUT2D eigenvalue weighted by Crippen LogP contribution is 2.58. The lowest BCUT2D eigenvalue weighted by molar-refractivity contribution is 0.431. The van der Waals surface area contributed by atoms with Crippen molar-refractivity contribution in [3.63, 3.8) is 0 Å². The van der Waals surface area contributed by atoms with Gasteiger partial charge in [0.05, 0.1) is 0 Å². The average molecular weight is 502 g/mol. The molecule has 1 aliphatic heterocycles. The van der Waals surface area contributed by atoms with Gasteiger partial charge in [-0.15, -0.1) is 10.2 Å². The number of hydrogen-bond donors (Lipinski definition) is 1. The summed E-state index contributed by atoms with van der Waals surface area (Å²) in [6.45, 7) is 11.9. The molecule has 1 N–H and O–H groups in total. The van der Waals surface area contributed by atoms with Crippen LogP contribution in [0.3, 0.4) is 0 Å². The van der Waals surface area contributed by atoms with E-state index in [1.54, 1.807) is 0 Å². The fraction of sp³-hybridized carbons (Fsp3) is 0.552. The number of nitrogens with zero attached hydrogens (tertiary/aromatic N) is 6. The van der Waals surface area contributed by atoms with Crippen LogP contribution in [0.4, 0.5) is 0 Å². The Labute approximate surface area is 218 Å². The van der Waals surface area contributed by atoms with Crippen molar-refractivity contribution in [2.45, 2.75) is 78.3 Å². The number of aromatic amines is 1. The van der Waals surface area contributed by atoms with Crippen LogP contribution in [0.25, 0.3) is 11.4 Å². The SMILES string of the molecule is CCCCc1cn(C2C(C(C)C)C2C(C)C)c(=O)n1CC1(c2cccc(-c3nn[nH]n3)c2)C=CN=CC1. The van der Waals surface area contributed by atoms with Crippen molar-refractivity contribution in [1.82, 2.24) is 29.8 Å². The number of aryl methyl sites for hydroxylation is 1. The molecule has 3 unspecified atom stereocenters. The molecule has 1 aliphatic carbocycles. The molecule has 5 rings (SSSR count). The van der Waals surface area contributed by atoms with Gasteiger partial charge in [0.15, 0.2) is 0 Å². The minimum atomic E-state index is -0.392. The van der Waals surface area contributed by atoms with Gasteiger partial charge in [-0.2, -0.15) is 5.21 Å². The van der Waals surface area contributed by atoms with Crippen LogP contribution >= 0.6 is 0 Å². The van der Waals surface area contributed by atoms with Crippen LogP contribution in [0.15, 0.2) is 52.5 Å². The zero-order chi connectivity index (χ0) is 26.2. The van der Waals surface area contributed by atoms with E-state index in [0.29, 0.717) is 36.0 Å². The molecule has 0 saturated heterocycles. The van der Waals surface area contributed by atoms with Gasteiger partial charge in [0.2, 0.25) is 5.82 Å². The maximum atomic E-state index is 14.1. The predicted molar refractivity (Wildman–Crippen MR) is 147 cm³/mol. The Morgan fingerprint density at radius 3 is 2.57 bits per heavy atom. The third-order valence-corrected chi connectivity index (χ3v) is 8.35. The molecule has 8 nitrogen and oxygen atoms in total. The van der Waals surface area contributed by atoms with Gasteiger partial charge in [-0.1, -0.05) is 65.3 Å². The lowest BCUT2D eigenvalue weighted by Gasteiger charge is -2.32. The van der Waals surface area contributed by atoms with Gasteiger partial charge in [-0.3, -0.25) is 14.1 Å². The molecule has 1 fully saturated rings. The van der Waals surface area contributed by atoms with Crippen molar-refractivity contribution in [2.75, 3.05) is 0 Å². The van der Waals surface area contributed by atoms with Crippen molar-refractivity contribution < 1.29 is 0 Å². The molecule has 2 aromatic heterocycles. The first-order valence-corrected chi connectivity index (χ1v) is 13.7. The number of imidazole rings is 1. The Bertz CT molecular complexity index is 1320. The summed E-state index contributed by atoms with van der Waals surface area (Å²) in [7, 11) is 0. The first kappa shape index (κ1) is 25.4. The molecule has 3 atom stereocenters. The molecular weight excluding hydrogens is 462 g/mol. The van der Waals surface area contributed by atoms with Gasteiger partial charge in [0.1, 0.15) is 0 Å². The summed E-state index contributed by atoms with van der Waals surface area (Å²) in [6, 6.07) is 8.55. The fourth-order valence-corrected chi connectivity index (χ4v) is 6.36. The summed E-state index contributed by atoms with van der Waals surface area (Å²) >= 11 is 0. The second kappa shape index (κ2) is 10.2. The number of allylic oxidation sites excluding steroid dienone is 1. The van der Waals surface area contributed by atoms with E-state index in [0.717, 1.165) is 42.5 Å². The first-order valence-electron chi connectivity index (χ1n) is 13.7. The van der Waals surface area contributed by atoms with Crippen LogP contribution in [0.1, 0.15) is 71.2 Å². The monoisotopic (exact) mass is 501 g/mol. The van der Waals surface area contributed by atoms with Crippen LogP contribution in [-0.2, 0) is 18.4 Å². The minimum Gasteiger partial charge on any atom is -0.295 e. The molecule has 0 amide bonds. The van der Waals surface area contributed by atoms with Crippen molar-refractivity contribution in [1.29, 1.82) is 0 Å². The Kier molecular flexibility index (Phi) is 7.01. The number of hydrogen-bond acceptors (Lipinski definition) is 5. The summed E-state index contributed by atoms with van der Waals surface area (Å²) < 4.78 is 4.12. The molecule has 3 heterocycles. The van der Waals surface area contributed by atoms with Gasteiger partial charge >= 0.3 is 5.69 Å². The van der Waals surface area contributed by atoms with E-state index >= 15 is 0 Å². The van der Waals surface area contributed by atoms with Crippen molar-refractivity contribution in [3.05, 3.63) is 64.5 Å². The highest BCUT2D eigenvalue weighted by atomic mass is 16.1. The second-order valence-electron chi connectivity index (χ2n) is 11.5. The molecule has 196 valence electrons. The van der Waals surface area contributed by atoms with Gasteiger partial charge in [0, 0.05) is 47.9 Å². The quantitative estimate of drug-likeness (QED) is 0.413. The maximum absolute atomic E-state index is 14.1. The Balaban J connectivity index is 1.56. The Hall–Kier alpha value is -3.29. The third kappa shape index (κ3) is 4.74. The summed E-state index contributed by atoms with van der Waals surface area (Å²) in [5.41, 5.74) is 2.87. The number of benzene rings is 1. The summed E-state index contributed by atoms with van der Waals surface area (Å²) in [6.07, 6.45) is 11.9. The molecule has 3 aromatic rings. The molecule has 0 spiro atoms. The second-order valence-corrected chi connectivity index (χ2v) is 11.5. The van der Waals surface area contributed by atoms with E-state index in [1.807, 2.05) is 29.1 Å². The fourth-order valence-electron chi connectivity index (χ4n) is 6.36. The minimum absolute atomic E-state index is 0.120. The molecule has 0 bridgehead atoms. The molecule has 8 heteroatoms. The van der Waals surface area contributed by atoms with Gasteiger partial charge in [-0.05, 0) is 59.8 Å². The van der Waals surface area contributed by atoms with Crippen LogP contribution in [0.2, 0.25) is 0 Å². The number of aliphatic imine (C=N–C) groups is 1. The molecule has 37 heavy (non-hydrogen) atoms. The topological polar surface area (TPSA) is 93.8 Å². The van der Waals surface area contributed by atoms with Gasteiger partial charge in [0.25, 0.3) is 0 Å². The summed E-state index contributed by atoms with van der Waals surface area (Å²) in [5, 5.41) is 14.6. The molecule has 2 aliphatic rings. The zero-order valence-corrected chi connectivity index (χ0v) is 22.6. The van der Waals surface area contributed by atoms with E-state index in [2.05, 4.69) is 89.2 Å². The zero-order valence-electron chi connectivity index (χ0n) is 22.6. The first-order chi connectivity index (χ1) is 17.9. The van der Waals surface area contributed by atoms with Crippen LogP contribution in [0.5, 0.6) is 0 Å². The van der Waals surface area contributed by atoms with E-state index in [-0.39, 0.29) is 11.7 Å².